The number of nitrogen functional groups attached to an aromatic ring is 1. The lowest BCUT2D eigenvalue weighted by molar-refractivity contribution is -0.117. The van der Waals surface area contributed by atoms with Crippen molar-refractivity contribution in [2.24, 2.45) is 0 Å². The van der Waals surface area contributed by atoms with Gasteiger partial charge in [-0.05, 0) is 6.42 Å². The Kier molecular flexibility index (Phi) is 1.96. The lowest BCUT2D eigenvalue weighted by Gasteiger charge is -2.05. The van der Waals surface area contributed by atoms with E-state index in [4.69, 9.17) is 5.73 Å². The molecule has 4 nitrogen and oxygen atoms in total. The van der Waals surface area contributed by atoms with Crippen LogP contribution in [0.2, 0.25) is 0 Å². The third-order valence-electron chi connectivity index (χ3n) is 2.36. The van der Waals surface area contributed by atoms with Gasteiger partial charge in [0.25, 0.3) is 0 Å². The second kappa shape index (κ2) is 3.12. The fraction of sp³-hybridized carbons (Fsp3) is 0.444. The Morgan fingerprint density at radius 1 is 1.38 bits per heavy atom. The summed E-state index contributed by atoms with van der Waals surface area (Å²) in [5.74, 6) is 1.01. The quantitative estimate of drug-likeness (QED) is 0.691. The maximum atomic E-state index is 11.0. The molecule has 13 heavy (non-hydrogen) atoms. The lowest BCUT2D eigenvalue weighted by atomic mass is 10.1. The number of hydrogen-bond acceptors (Lipinski definition) is 4. The Morgan fingerprint density at radius 2 is 2.23 bits per heavy atom. The van der Waals surface area contributed by atoms with Crippen LogP contribution >= 0.6 is 0 Å². The summed E-state index contributed by atoms with van der Waals surface area (Å²) in [6, 6.07) is 0. The number of ketones is 1. The van der Waals surface area contributed by atoms with Gasteiger partial charge in [0.1, 0.15) is 11.6 Å². The molecule has 0 bridgehead atoms. The summed E-state index contributed by atoms with van der Waals surface area (Å²) in [4.78, 5) is 19.1. The van der Waals surface area contributed by atoms with Gasteiger partial charge < -0.3 is 5.73 Å². The third kappa shape index (κ3) is 1.66. The largest absolute Gasteiger partial charge is 0.382 e. The molecule has 0 aliphatic heterocycles. The van der Waals surface area contributed by atoms with Crippen molar-refractivity contribution in [3.05, 3.63) is 18.1 Å². The molecule has 1 fully saturated rings. The number of carbonyl (C=O) groups is 1. The zero-order chi connectivity index (χ0) is 9.26. The highest BCUT2D eigenvalue weighted by atomic mass is 16.1. The molecule has 0 aromatic carbocycles. The normalized spacial score (nSPS) is 22.2. The topological polar surface area (TPSA) is 68.9 Å². The first-order valence-electron chi connectivity index (χ1n) is 4.35. The maximum absolute atomic E-state index is 11.0. The molecule has 2 N–H and O–H groups in total. The van der Waals surface area contributed by atoms with Crippen molar-refractivity contribution in [2.45, 2.75) is 25.2 Å². The van der Waals surface area contributed by atoms with Gasteiger partial charge in [0.2, 0.25) is 0 Å². The molecule has 1 atom stereocenters. The minimum Gasteiger partial charge on any atom is -0.382 e. The average Bonchev–Trinajstić information content (AvgIpc) is 2.53. The molecule has 1 aliphatic carbocycles. The predicted molar refractivity (Wildman–Crippen MR) is 48.0 cm³/mol. The van der Waals surface area contributed by atoms with Crippen molar-refractivity contribution in [2.75, 3.05) is 5.73 Å². The second-order valence-corrected chi connectivity index (χ2v) is 3.34. The Balaban J connectivity index is 2.17. The summed E-state index contributed by atoms with van der Waals surface area (Å²) in [6.45, 7) is 0. The van der Waals surface area contributed by atoms with E-state index >= 15 is 0 Å². The second-order valence-electron chi connectivity index (χ2n) is 3.34. The van der Waals surface area contributed by atoms with Crippen LogP contribution in [0.3, 0.4) is 0 Å². The fourth-order valence-electron chi connectivity index (χ4n) is 1.63. The highest BCUT2D eigenvalue weighted by Crippen LogP contribution is 2.30. The molecule has 0 spiro atoms. The molecule has 1 unspecified atom stereocenters. The van der Waals surface area contributed by atoms with Crippen molar-refractivity contribution < 1.29 is 4.79 Å². The van der Waals surface area contributed by atoms with Gasteiger partial charge in [0.05, 0.1) is 18.1 Å². The van der Waals surface area contributed by atoms with E-state index in [2.05, 4.69) is 9.97 Å². The van der Waals surface area contributed by atoms with Crippen molar-refractivity contribution in [1.82, 2.24) is 9.97 Å². The van der Waals surface area contributed by atoms with E-state index in [0.717, 1.165) is 12.1 Å². The number of carbonyl (C=O) groups excluding carboxylic acids is 1. The van der Waals surface area contributed by atoms with E-state index in [1.807, 2.05) is 0 Å². The Hall–Kier alpha value is -1.45. The molecular weight excluding hydrogens is 166 g/mol. The number of anilines is 1. The number of Topliss-reactive ketones (excluding diaryl/α,β-unsaturated/α-hetero) is 1. The van der Waals surface area contributed by atoms with Gasteiger partial charge in [-0.2, -0.15) is 0 Å². The number of aromatic nitrogens is 2. The number of nitrogens with zero attached hydrogens (tertiary/aromatic N) is 2. The number of nitrogens with two attached hydrogens (primary N) is 1. The van der Waals surface area contributed by atoms with Gasteiger partial charge in [-0.3, -0.25) is 9.78 Å². The SMILES string of the molecule is Nc1cnc(C2CCC(=O)C2)cn1. The van der Waals surface area contributed by atoms with Crippen LogP contribution in [0.25, 0.3) is 0 Å². The van der Waals surface area contributed by atoms with Crippen LogP contribution in [0.1, 0.15) is 30.9 Å². The van der Waals surface area contributed by atoms with Gasteiger partial charge in [-0.1, -0.05) is 0 Å². The minimum atomic E-state index is 0.264. The lowest BCUT2D eigenvalue weighted by Crippen LogP contribution is -2.00. The van der Waals surface area contributed by atoms with Crippen molar-refractivity contribution in [1.29, 1.82) is 0 Å². The van der Waals surface area contributed by atoms with Crippen LogP contribution in [0, 0.1) is 0 Å². The first-order chi connectivity index (χ1) is 6.25. The van der Waals surface area contributed by atoms with Gasteiger partial charge in [0, 0.05) is 18.8 Å². The summed E-state index contributed by atoms with van der Waals surface area (Å²) in [5, 5.41) is 0. The Labute approximate surface area is 76.2 Å². The Morgan fingerprint density at radius 3 is 2.77 bits per heavy atom. The highest BCUT2D eigenvalue weighted by Gasteiger charge is 2.24. The van der Waals surface area contributed by atoms with Crippen LogP contribution < -0.4 is 5.73 Å². The van der Waals surface area contributed by atoms with Crippen LogP contribution in [0.5, 0.6) is 0 Å². The maximum Gasteiger partial charge on any atom is 0.141 e. The smallest absolute Gasteiger partial charge is 0.141 e. The predicted octanol–water partition coefficient (Wildman–Crippen LogP) is 0.895. The summed E-state index contributed by atoms with van der Waals surface area (Å²) >= 11 is 0. The molecule has 1 saturated carbocycles. The van der Waals surface area contributed by atoms with Gasteiger partial charge in [-0.15, -0.1) is 0 Å². The van der Waals surface area contributed by atoms with Crippen molar-refractivity contribution in [3.63, 3.8) is 0 Å². The van der Waals surface area contributed by atoms with E-state index < -0.39 is 0 Å². The molecule has 1 aliphatic rings. The first kappa shape index (κ1) is 8.16. The fourth-order valence-corrected chi connectivity index (χ4v) is 1.63. The summed E-state index contributed by atoms with van der Waals surface area (Å²) in [6.07, 6.45) is 5.39. The van der Waals surface area contributed by atoms with Crippen LogP contribution in [-0.4, -0.2) is 15.8 Å². The van der Waals surface area contributed by atoms with Crippen LogP contribution in [-0.2, 0) is 4.79 Å². The number of hydrogen-bond donors (Lipinski definition) is 1. The number of rotatable bonds is 1. The van der Waals surface area contributed by atoms with Crippen molar-refractivity contribution in [3.8, 4) is 0 Å². The minimum absolute atomic E-state index is 0.264. The van der Waals surface area contributed by atoms with Crippen LogP contribution in [0.15, 0.2) is 12.4 Å². The van der Waals surface area contributed by atoms with Gasteiger partial charge in [0.15, 0.2) is 0 Å². The molecule has 1 aromatic heterocycles. The molecule has 4 heteroatoms. The van der Waals surface area contributed by atoms with E-state index in [0.29, 0.717) is 24.4 Å². The highest BCUT2D eigenvalue weighted by molar-refractivity contribution is 5.81. The van der Waals surface area contributed by atoms with Gasteiger partial charge in [-0.25, -0.2) is 4.98 Å². The summed E-state index contributed by atoms with van der Waals surface area (Å²) in [5.41, 5.74) is 6.30. The Bertz CT molecular complexity index is 320. The molecule has 0 amide bonds. The summed E-state index contributed by atoms with van der Waals surface area (Å²) in [7, 11) is 0. The molecule has 0 saturated heterocycles. The van der Waals surface area contributed by atoms with E-state index in [1.54, 1.807) is 6.20 Å². The average molecular weight is 177 g/mol. The van der Waals surface area contributed by atoms with E-state index in [-0.39, 0.29) is 5.92 Å². The van der Waals surface area contributed by atoms with E-state index in [9.17, 15) is 4.79 Å². The standard InChI is InChI=1S/C9H11N3O/c10-9-5-11-8(4-12-9)6-1-2-7(13)3-6/h4-6H,1-3H2,(H2,10,12). The molecule has 0 radical (unpaired) electrons. The van der Waals surface area contributed by atoms with Gasteiger partial charge >= 0.3 is 0 Å². The monoisotopic (exact) mass is 177 g/mol. The third-order valence-corrected chi connectivity index (χ3v) is 2.36. The van der Waals surface area contributed by atoms with Crippen LogP contribution in [0.4, 0.5) is 5.82 Å². The summed E-state index contributed by atoms with van der Waals surface area (Å²) < 4.78 is 0. The molecule has 68 valence electrons. The molecule has 2 rings (SSSR count). The molecule has 1 heterocycles. The van der Waals surface area contributed by atoms with Crippen molar-refractivity contribution >= 4 is 11.6 Å². The van der Waals surface area contributed by atoms with E-state index in [1.165, 1.54) is 6.20 Å². The molecular formula is C9H11N3O. The molecule has 1 aromatic rings. The first-order valence-corrected chi connectivity index (χ1v) is 4.35. The zero-order valence-corrected chi connectivity index (χ0v) is 7.23. The zero-order valence-electron chi connectivity index (χ0n) is 7.23.